The molecule has 19 heavy (non-hydrogen) atoms. The number of aromatic nitrogens is 1. The number of aliphatic hydroxyl groups excluding tert-OH is 1. The molecule has 0 radical (unpaired) electrons. The molecule has 3 rings (SSSR count). The smallest absolute Gasteiger partial charge is 0.152 e. The number of aliphatic hydroxyl groups is 1. The predicted molar refractivity (Wildman–Crippen MR) is 76.7 cm³/mol. The third-order valence-corrected chi connectivity index (χ3v) is 4.16. The van der Waals surface area contributed by atoms with Gasteiger partial charge in [-0.2, -0.15) is 0 Å². The van der Waals surface area contributed by atoms with E-state index >= 15 is 0 Å². The first-order valence-electron chi connectivity index (χ1n) is 5.90. The van der Waals surface area contributed by atoms with E-state index in [9.17, 15) is 5.11 Å². The Morgan fingerprint density at radius 3 is 3.00 bits per heavy atom. The van der Waals surface area contributed by atoms with Crippen LogP contribution in [0.4, 0.5) is 0 Å². The van der Waals surface area contributed by atoms with E-state index in [4.69, 9.17) is 16.0 Å². The van der Waals surface area contributed by atoms with E-state index in [2.05, 4.69) is 4.98 Å². The minimum absolute atomic E-state index is 0.454. The fourth-order valence-electron chi connectivity index (χ4n) is 1.97. The molecule has 1 aromatic carbocycles. The van der Waals surface area contributed by atoms with Crippen LogP contribution in [0.1, 0.15) is 22.6 Å². The van der Waals surface area contributed by atoms with Gasteiger partial charge in [-0.25, -0.2) is 4.98 Å². The number of hydrogen-bond acceptors (Lipinski definition) is 4. The zero-order valence-electron chi connectivity index (χ0n) is 10.3. The molecule has 0 spiro atoms. The predicted octanol–water partition coefficient (Wildman–Crippen LogP) is 4.13. The van der Waals surface area contributed by atoms with Gasteiger partial charge in [0.25, 0.3) is 0 Å². The summed E-state index contributed by atoms with van der Waals surface area (Å²) in [6, 6.07) is 7.37. The molecule has 3 nitrogen and oxygen atoms in total. The normalized spacial score (nSPS) is 13.0. The van der Waals surface area contributed by atoms with Crippen LogP contribution in [0.15, 0.2) is 34.1 Å². The first-order valence-corrected chi connectivity index (χ1v) is 7.16. The Kier molecular flexibility index (Phi) is 3.31. The van der Waals surface area contributed by atoms with Crippen LogP contribution in [0.2, 0.25) is 5.02 Å². The summed E-state index contributed by atoms with van der Waals surface area (Å²) < 4.78 is 5.63. The molecule has 0 saturated heterocycles. The first kappa shape index (κ1) is 12.7. The van der Waals surface area contributed by atoms with E-state index < -0.39 is 6.10 Å². The summed E-state index contributed by atoms with van der Waals surface area (Å²) in [7, 11) is 0. The molecule has 2 aromatic heterocycles. The highest BCUT2D eigenvalue weighted by Gasteiger charge is 2.16. The zero-order valence-corrected chi connectivity index (χ0v) is 11.8. The van der Waals surface area contributed by atoms with Crippen LogP contribution in [-0.4, -0.2) is 10.1 Å². The van der Waals surface area contributed by atoms with Gasteiger partial charge in [-0.05, 0) is 19.1 Å². The molecule has 0 aliphatic heterocycles. The average molecular weight is 294 g/mol. The van der Waals surface area contributed by atoms with Crippen molar-refractivity contribution in [3.05, 3.63) is 51.1 Å². The van der Waals surface area contributed by atoms with Gasteiger partial charge >= 0.3 is 0 Å². The van der Waals surface area contributed by atoms with Crippen LogP contribution in [0.3, 0.4) is 0 Å². The van der Waals surface area contributed by atoms with E-state index in [1.54, 1.807) is 17.4 Å². The van der Waals surface area contributed by atoms with Gasteiger partial charge in [0.05, 0.1) is 10.0 Å². The largest absolute Gasteiger partial charge is 0.457 e. The van der Waals surface area contributed by atoms with Crippen molar-refractivity contribution in [1.82, 2.24) is 4.98 Å². The number of fused-ring (bicyclic) bond motifs is 1. The molecule has 1 unspecified atom stereocenters. The van der Waals surface area contributed by atoms with Gasteiger partial charge in [-0.3, -0.25) is 0 Å². The van der Waals surface area contributed by atoms with E-state index in [0.29, 0.717) is 22.8 Å². The van der Waals surface area contributed by atoms with Crippen molar-refractivity contribution in [2.45, 2.75) is 19.4 Å². The van der Waals surface area contributed by atoms with Crippen molar-refractivity contribution in [3.8, 4) is 0 Å². The molecule has 1 N–H and O–H groups in total. The Hall–Kier alpha value is -1.36. The molecule has 0 bridgehead atoms. The van der Waals surface area contributed by atoms with E-state index in [1.807, 2.05) is 30.5 Å². The Morgan fingerprint density at radius 1 is 1.47 bits per heavy atom. The lowest BCUT2D eigenvalue weighted by atomic mass is 10.2. The average Bonchev–Trinajstić information content (AvgIpc) is 2.96. The summed E-state index contributed by atoms with van der Waals surface area (Å²) in [6.07, 6.45) is -0.246. The second-order valence-corrected chi connectivity index (χ2v) is 5.76. The van der Waals surface area contributed by atoms with Gasteiger partial charge < -0.3 is 9.52 Å². The maximum Gasteiger partial charge on any atom is 0.152 e. The number of thiazole rings is 1. The molecule has 3 aromatic rings. The molecular weight excluding hydrogens is 282 g/mol. The van der Waals surface area contributed by atoms with Crippen LogP contribution in [0.5, 0.6) is 0 Å². The number of para-hydroxylation sites is 1. The SMILES string of the molecule is Cc1csc(CC(O)c2cc3cccc(Cl)c3o2)n1. The second-order valence-electron chi connectivity index (χ2n) is 4.41. The van der Waals surface area contributed by atoms with Crippen molar-refractivity contribution in [1.29, 1.82) is 0 Å². The van der Waals surface area contributed by atoms with Gasteiger partial charge in [-0.15, -0.1) is 11.3 Å². The monoisotopic (exact) mass is 293 g/mol. The van der Waals surface area contributed by atoms with Gasteiger partial charge in [0.2, 0.25) is 0 Å². The fourth-order valence-corrected chi connectivity index (χ4v) is 3.00. The Labute approximate surface area is 119 Å². The maximum atomic E-state index is 10.2. The number of furan rings is 1. The molecule has 2 heterocycles. The lowest BCUT2D eigenvalue weighted by Crippen LogP contribution is -1.99. The number of benzene rings is 1. The summed E-state index contributed by atoms with van der Waals surface area (Å²) in [5, 5.41) is 14.5. The summed E-state index contributed by atoms with van der Waals surface area (Å²) in [6.45, 7) is 1.94. The highest BCUT2D eigenvalue weighted by Crippen LogP contribution is 2.30. The highest BCUT2D eigenvalue weighted by molar-refractivity contribution is 7.09. The minimum Gasteiger partial charge on any atom is -0.457 e. The molecule has 5 heteroatoms. The topological polar surface area (TPSA) is 46.3 Å². The zero-order chi connectivity index (χ0) is 13.4. The Bertz CT molecular complexity index is 719. The van der Waals surface area contributed by atoms with Gasteiger partial charge in [-0.1, -0.05) is 23.7 Å². The summed E-state index contributed by atoms with van der Waals surface area (Å²) >= 11 is 7.60. The summed E-state index contributed by atoms with van der Waals surface area (Å²) in [5.41, 5.74) is 1.59. The number of nitrogens with zero attached hydrogens (tertiary/aromatic N) is 1. The number of rotatable bonds is 3. The van der Waals surface area contributed by atoms with E-state index in [1.165, 1.54) is 0 Å². The third-order valence-electron chi connectivity index (χ3n) is 2.88. The molecule has 0 aliphatic rings. The number of aryl methyl sites for hydroxylation is 1. The summed E-state index contributed by atoms with van der Waals surface area (Å²) in [4.78, 5) is 4.34. The molecule has 98 valence electrons. The molecule has 1 atom stereocenters. The molecule has 0 amide bonds. The quantitative estimate of drug-likeness (QED) is 0.790. The van der Waals surface area contributed by atoms with Crippen LogP contribution in [0, 0.1) is 6.92 Å². The van der Waals surface area contributed by atoms with Crippen LogP contribution in [-0.2, 0) is 6.42 Å². The standard InChI is InChI=1S/C14H12ClNO2S/c1-8-7-19-13(16-8)6-11(17)12-5-9-3-2-4-10(15)14(9)18-12/h2-5,7,11,17H,6H2,1H3. The minimum atomic E-state index is -0.700. The van der Waals surface area contributed by atoms with Crippen LogP contribution < -0.4 is 0 Å². The molecule has 0 aliphatic carbocycles. The fraction of sp³-hybridized carbons (Fsp3) is 0.214. The van der Waals surface area contributed by atoms with Crippen molar-refractivity contribution in [3.63, 3.8) is 0 Å². The van der Waals surface area contributed by atoms with Crippen molar-refractivity contribution in [2.75, 3.05) is 0 Å². The molecule has 0 saturated carbocycles. The second kappa shape index (κ2) is 4.96. The maximum absolute atomic E-state index is 10.2. The van der Waals surface area contributed by atoms with Gasteiger partial charge in [0.1, 0.15) is 11.9 Å². The van der Waals surface area contributed by atoms with Gasteiger partial charge in [0, 0.05) is 22.9 Å². The van der Waals surface area contributed by atoms with Gasteiger partial charge in [0.15, 0.2) is 5.58 Å². The highest BCUT2D eigenvalue weighted by atomic mass is 35.5. The number of halogens is 1. The van der Waals surface area contributed by atoms with Crippen LogP contribution >= 0.6 is 22.9 Å². The van der Waals surface area contributed by atoms with Crippen molar-refractivity contribution < 1.29 is 9.52 Å². The third kappa shape index (κ3) is 2.52. The lowest BCUT2D eigenvalue weighted by molar-refractivity contribution is 0.152. The summed E-state index contributed by atoms with van der Waals surface area (Å²) in [5.74, 6) is 0.524. The van der Waals surface area contributed by atoms with Crippen molar-refractivity contribution in [2.24, 2.45) is 0 Å². The van der Waals surface area contributed by atoms with E-state index in [0.717, 1.165) is 16.1 Å². The first-order chi connectivity index (χ1) is 9.13. The lowest BCUT2D eigenvalue weighted by Gasteiger charge is -2.04. The Morgan fingerprint density at radius 2 is 2.32 bits per heavy atom. The molecule has 0 fully saturated rings. The number of hydrogen-bond donors (Lipinski definition) is 1. The molecular formula is C14H12ClNO2S. The van der Waals surface area contributed by atoms with E-state index in [-0.39, 0.29) is 0 Å². The Balaban J connectivity index is 1.89. The van der Waals surface area contributed by atoms with Crippen molar-refractivity contribution >= 4 is 33.9 Å². The van der Waals surface area contributed by atoms with Crippen LogP contribution in [0.25, 0.3) is 11.0 Å².